The molecule has 1 aliphatic heterocycles. The molecule has 1 atom stereocenters. The molecule has 3 aromatic carbocycles. The van der Waals surface area contributed by atoms with E-state index in [1.54, 1.807) is 11.8 Å². The van der Waals surface area contributed by atoms with E-state index in [4.69, 9.17) is 4.99 Å². The fourth-order valence-electron chi connectivity index (χ4n) is 2.88. The molecule has 0 bridgehead atoms. The van der Waals surface area contributed by atoms with Crippen LogP contribution in [0.4, 0.5) is 0 Å². The third-order valence-electron chi connectivity index (χ3n) is 4.09. The van der Waals surface area contributed by atoms with Crippen molar-refractivity contribution in [1.29, 1.82) is 0 Å². The summed E-state index contributed by atoms with van der Waals surface area (Å²) >= 11 is 1.71. The van der Waals surface area contributed by atoms with Crippen molar-refractivity contribution >= 4 is 16.9 Å². The summed E-state index contributed by atoms with van der Waals surface area (Å²) in [7, 11) is 0. The van der Waals surface area contributed by atoms with Crippen LogP contribution in [0.2, 0.25) is 0 Å². The Morgan fingerprint density at radius 2 is 1.46 bits per heavy atom. The lowest BCUT2D eigenvalue weighted by Gasteiger charge is -2.28. The highest BCUT2D eigenvalue weighted by atomic mass is 32.2. The fourth-order valence-corrected chi connectivity index (χ4v) is 3.84. The molecule has 0 saturated heterocycles. The quantitative estimate of drug-likeness (QED) is 0.728. The van der Waals surface area contributed by atoms with E-state index in [9.17, 15) is 0 Å². The van der Waals surface area contributed by atoms with Crippen molar-refractivity contribution in [3.63, 3.8) is 0 Å². The molecule has 24 heavy (non-hydrogen) atoms. The summed E-state index contributed by atoms with van der Waals surface area (Å²) in [5.74, 6) is 0. The molecule has 1 N–H and O–H groups in total. The average molecular weight is 330 g/mol. The lowest BCUT2D eigenvalue weighted by Crippen LogP contribution is -2.31. The number of fused-ring (bicyclic) bond motifs is 1. The number of amidine groups is 1. The summed E-state index contributed by atoms with van der Waals surface area (Å²) in [4.78, 5) is 6.07. The maximum atomic E-state index is 4.80. The van der Waals surface area contributed by atoms with Gasteiger partial charge in [0.1, 0.15) is 0 Å². The smallest absolute Gasteiger partial charge is 0.162 e. The minimum Gasteiger partial charge on any atom is -0.354 e. The van der Waals surface area contributed by atoms with E-state index in [2.05, 4.69) is 84.2 Å². The Hall–Kier alpha value is -2.52. The van der Waals surface area contributed by atoms with E-state index in [-0.39, 0.29) is 6.04 Å². The van der Waals surface area contributed by atoms with Crippen molar-refractivity contribution < 1.29 is 0 Å². The topological polar surface area (TPSA) is 24.4 Å². The summed E-state index contributed by atoms with van der Waals surface area (Å²) in [6, 6.07) is 29.6. The molecule has 3 heteroatoms. The molecule has 0 unspecified atom stereocenters. The van der Waals surface area contributed by atoms with Crippen LogP contribution in [0.1, 0.15) is 22.7 Å². The van der Waals surface area contributed by atoms with Crippen molar-refractivity contribution in [2.45, 2.75) is 17.5 Å². The van der Waals surface area contributed by atoms with Crippen LogP contribution < -0.4 is 5.32 Å². The second-order valence-corrected chi connectivity index (χ2v) is 6.77. The highest BCUT2D eigenvalue weighted by Crippen LogP contribution is 2.36. The second-order valence-electron chi connectivity index (χ2n) is 5.73. The maximum absolute atomic E-state index is 4.80. The summed E-state index contributed by atoms with van der Waals surface area (Å²) in [5.41, 5.74) is 3.80. The third-order valence-corrected chi connectivity index (χ3v) is 5.12. The van der Waals surface area contributed by atoms with Crippen LogP contribution in [0.3, 0.4) is 0 Å². The zero-order valence-corrected chi connectivity index (χ0v) is 14.0. The third kappa shape index (κ3) is 3.22. The molecule has 4 rings (SSSR count). The molecule has 0 aliphatic carbocycles. The Labute approximate surface area is 146 Å². The van der Waals surface area contributed by atoms with E-state index in [1.165, 1.54) is 21.6 Å². The predicted molar refractivity (Wildman–Crippen MR) is 101 cm³/mol. The van der Waals surface area contributed by atoms with Gasteiger partial charge in [-0.2, -0.15) is 0 Å². The van der Waals surface area contributed by atoms with E-state index in [0.717, 1.165) is 5.17 Å². The standard InChI is InChI=1S/C21H18N2S/c1-3-9-16(10-4-1)15-22-21-23-20(17-11-5-2-6-12-17)18-13-7-8-14-19(18)24-21/h1-14,20H,15H2,(H,22,23)/t20-/m0/s1. The highest BCUT2D eigenvalue weighted by molar-refractivity contribution is 8.14. The van der Waals surface area contributed by atoms with Crippen molar-refractivity contribution in [2.24, 2.45) is 4.99 Å². The summed E-state index contributed by atoms with van der Waals surface area (Å²) < 4.78 is 0. The molecule has 2 nitrogen and oxygen atoms in total. The second kappa shape index (κ2) is 6.93. The molecule has 1 heterocycles. The van der Waals surface area contributed by atoms with Crippen LogP contribution in [-0.4, -0.2) is 5.17 Å². The van der Waals surface area contributed by atoms with Gasteiger partial charge >= 0.3 is 0 Å². The number of hydrogen-bond donors (Lipinski definition) is 1. The van der Waals surface area contributed by atoms with Crippen LogP contribution in [0, 0.1) is 0 Å². The normalized spacial score (nSPS) is 18.0. The largest absolute Gasteiger partial charge is 0.354 e. The number of aliphatic imine (C=N–C) groups is 1. The van der Waals surface area contributed by atoms with Crippen LogP contribution >= 0.6 is 11.8 Å². The fraction of sp³-hybridized carbons (Fsp3) is 0.0952. The lowest BCUT2D eigenvalue weighted by molar-refractivity contribution is 0.742. The molecule has 3 aromatic rings. The average Bonchev–Trinajstić information content (AvgIpc) is 2.67. The number of rotatable bonds is 3. The summed E-state index contributed by atoms with van der Waals surface area (Å²) in [6.07, 6.45) is 0. The number of thioether (sulfide) groups is 1. The molecule has 0 fully saturated rings. The Kier molecular flexibility index (Phi) is 4.34. The first-order chi connectivity index (χ1) is 11.9. The van der Waals surface area contributed by atoms with Crippen molar-refractivity contribution in [3.05, 3.63) is 102 Å². The first-order valence-corrected chi connectivity index (χ1v) is 8.88. The zero-order valence-electron chi connectivity index (χ0n) is 13.2. The molecule has 0 spiro atoms. The van der Waals surface area contributed by atoms with E-state index < -0.39 is 0 Å². The van der Waals surface area contributed by atoms with Gasteiger partial charge in [0.25, 0.3) is 0 Å². The number of nitrogens with zero attached hydrogens (tertiary/aromatic N) is 1. The van der Waals surface area contributed by atoms with Crippen LogP contribution in [-0.2, 0) is 6.54 Å². The minimum atomic E-state index is 0.151. The number of hydrogen-bond acceptors (Lipinski definition) is 2. The SMILES string of the molecule is c1ccc(CN=C2N[C@@H](c3ccccc3)c3ccccc3S2)cc1. The Morgan fingerprint density at radius 1 is 0.792 bits per heavy atom. The van der Waals surface area contributed by atoms with Gasteiger partial charge in [-0.05, 0) is 22.8 Å². The Bertz CT molecular complexity index is 844. The molecule has 0 radical (unpaired) electrons. The van der Waals surface area contributed by atoms with Gasteiger partial charge in [0, 0.05) is 4.90 Å². The van der Waals surface area contributed by atoms with Crippen molar-refractivity contribution in [3.8, 4) is 0 Å². The minimum absolute atomic E-state index is 0.151. The van der Waals surface area contributed by atoms with Crippen LogP contribution in [0.15, 0.2) is 94.8 Å². The lowest BCUT2D eigenvalue weighted by atomic mass is 9.99. The number of nitrogens with one attached hydrogen (secondary N) is 1. The Morgan fingerprint density at radius 3 is 2.25 bits per heavy atom. The van der Waals surface area contributed by atoms with Crippen molar-refractivity contribution in [1.82, 2.24) is 5.32 Å². The monoisotopic (exact) mass is 330 g/mol. The van der Waals surface area contributed by atoms with Gasteiger partial charge in [0.2, 0.25) is 0 Å². The Balaban J connectivity index is 1.65. The van der Waals surface area contributed by atoms with E-state index in [0.29, 0.717) is 6.54 Å². The van der Waals surface area contributed by atoms with Crippen molar-refractivity contribution in [2.75, 3.05) is 0 Å². The van der Waals surface area contributed by atoms with Crippen LogP contribution in [0.5, 0.6) is 0 Å². The van der Waals surface area contributed by atoms with Gasteiger partial charge in [-0.25, -0.2) is 0 Å². The predicted octanol–water partition coefficient (Wildman–Crippen LogP) is 5.03. The van der Waals surface area contributed by atoms with E-state index >= 15 is 0 Å². The molecular weight excluding hydrogens is 312 g/mol. The van der Waals surface area contributed by atoms with Gasteiger partial charge in [-0.15, -0.1) is 0 Å². The molecule has 0 aromatic heterocycles. The van der Waals surface area contributed by atoms with Gasteiger partial charge in [0.15, 0.2) is 5.17 Å². The molecule has 118 valence electrons. The highest BCUT2D eigenvalue weighted by Gasteiger charge is 2.24. The zero-order chi connectivity index (χ0) is 16.2. The van der Waals surface area contributed by atoms with Gasteiger partial charge < -0.3 is 5.32 Å². The van der Waals surface area contributed by atoms with E-state index in [1.807, 2.05) is 6.07 Å². The number of benzene rings is 3. The molecule has 1 aliphatic rings. The van der Waals surface area contributed by atoms with Crippen LogP contribution in [0.25, 0.3) is 0 Å². The van der Waals surface area contributed by atoms with Gasteiger partial charge in [0.05, 0.1) is 12.6 Å². The first kappa shape index (κ1) is 15.0. The van der Waals surface area contributed by atoms with Gasteiger partial charge in [-0.1, -0.05) is 90.6 Å². The van der Waals surface area contributed by atoms with Gasteiger partial charge in [-0.3, -0.25) is 4.99 Å². The summed E-state index contributed by atoms with van der Waals surface area (Å²) in [5, 5.41) is 4.59. The maximum Gasteiger partial charge on any atom is 0.162 e. The molecular formula is C21H18N2S. The molecule has 0 saturated carbocycles. The first-order valence-electron chi connectivity index (χ1n) is 8.07. The summed E-state index contributed by atoms with van der Waals surface area (Å²) in [6.45, 7) is 0.694. The molecule has 0 amide bonds.